The molecule has 4 aromatic rings. The Morgan fingerprint density at radius 2 is 2.00 bits per heavy atom. The number of rotatable bonds is 5. The standard InChI is InChI=1S/C25H22ClN3O2S/c1-15(30)29(14-19-6-4-10-32-19)24-20-7-3-2-5-16(20)12-22(24)28-25(31)23-13-17-11-18(26)8-9-21(17)27-23/h2-11,13,22,24,27H,12,14H2,1H3,(H,28,31)/t22-,24+/m0/s1. The summed E-state index contributed by atoms with van der Waals surface area (Å²) in [6.07, 6.45) is 0.673. The third-order valence-electron chi connectivity index (χ3n) is 5.99. The van der Waals surface area contributed by atoms with Gasteiger partial charge in [-0.1, -0.05) is 41.9 Å². The smallest absolute Gasteiger partial charge is 0.268 e. The van der Waals surface area contributed by atoms with Crippen molar-refractivity contribution in [2.75, 3.05) is 0 Å². The minimum atomic E-state index is -0.228. The first kappa shape index (κ1) is 20.8. The van der Waals surface area contributed by atoms with Crippen molar-refractivity contribution in [1.82, 2.24) is 15.2 Å². The Morgan fingerprint density at radius 3 is 2.78 bits per heavy atom. The molecule has 32 heavy (non-hydrogen) atoms. The SMILES string of the molecule is CC(=O)N(Cc1cccs1)[C@@H]1c2ccccc2C[C@@H]1NC(=O)c1cc2cc(Cl)ccc2[nH]1. The summed E-state index contributed by atoms with van der Waals surface area (Å²) >= 11 is 7.71. The second-order valence-corrected chi connectivity index (χ2v) is 9.54. The fourth-order valence-electron chi connectivity index (χ4n) is 4.54. The minimum absolute atomic E-state index is 0.0143. The van der Waals surface area contributed by atoms with Crippen molar-refractivity contribution in [3.05, 3.63) is 92.8 Å². The maximum Gasteiger partial charge on any atom is 0.268 e. The highest BCUT2D eigenvalue weighted by Gasteiger charge is 2.39. The predicted molar refractivity (Wildman–Crippen MR) is 128 cm³/mol. The molecule has 2 N–H and O–H groups in total. The molecule has 2 heterocycles. The van der Waals surface area contributed by atoms with E-state index in [-0.39, 0.29) is 23.9 Å². The van der Waals surface area contributed by atoms with Crippen LogP contribution < -0.4 is 5.32 Å². The number of amides is 2. The number of thiophene rings is 1. The Hall–Kier alpha value is -3.09. The number of hydrogen-bond acceptors (Lipinski definition) is 3. The average molecular weight is 464 g/mol. The first-order valence-corrected chi connectivity index (χ1v) is 11.7. The van der Waals surface area contributed by atoms with E-state index in [1.165, 1.54) is 0 Å². The molecule has 2 aromatic heterocycles. The molecule has 2 aromatic carbocycles. The lowest BCUT2D eigenvalue weighted by atomic mass is 10.0. The number of nitrogens with zero attached hydrogens (tertiary/aromatic N) is 1. The zero-order valence-electron chi connectivity index (χ0n) is 17.5. The lowest BCUT2D eigenvalue weighted by Gasteiger charge is -2.33. The van der Waals surface area contributed by atoms with Crippen LogP contribution in [0.1, 0.15) is 39.5 Å². The van der Waals surface area contributed by atoms with E-state index in [9.17, 15) is 9.59 Å². The van der Waals surface area contributed by atoms with Crippen LogP contribution in [-0.4, -0.2) is 27.7 Å². The van der Waals surface area contributed by atoms with Gasteiger partial charge in [0.25, 0.3) is 5.91 Å². The van der Waals surface area contributed by atoms with Crippen LogP contribution in [0.4, 0.5) is 0 Å². The average Bonchev–Trinajstić information content (AvgIpc) is 3.50. The molecular formula is C25H22ClN3O2S. The highest BCUT2D eigenvalue weighted by Crippen LogP contribution is 2.37. The van der Waals surface area contributed by atoms with E-state index in [1.807, 2.05) is 52.7 Å². The normalized spacial score (nSPS) is 17.3. The topological polar surface area (TPSA) is 65.2 Å². The number of carbonyl (C=O) groups is 2. The van der Waals surface area contributed by atoms with Gasteiger partial charge in [0, 0.05) is 27.7 Å². The number of nitrogens with one attached hydrogen (secondary N) is 2. The van der Waals surface area contributed by atoms with Gasteiger partial charge >= 0.3 is 0 Å². The molecule has 0 radical (unpaired) electrons. The third-order valence-corrected chi connectivity index (χ3v) is 7.08. The molecule has 0 fully saturated rings. The Morgan fingerprint density at radius 1 is 1.16 bits per heavy atom. The molecule has 7 heteroatoms. The molecule has 1 aliphatic carbocycles. The largest absolute Gasteiger partial charge is 0.351 e. The summed E-state index contributed by atoms with van der Waals surface area (Å²) in [6, 6.07) is 19.0. The Bertz CT molecular complexity index is 1300. The van der Waals surface area contributed by atoms with E-state index in [1.54, 1.807) is 24.3 Å². The third kappa shape index (κ3) is 3.92. The lowest BCUT2D eigenvalue weighted by molar-refractivity contribution is -0.132. The summed E-state index contributed by atoms with van der Waals surface area (Å²) in [6.45, 7) is 2.11. The lowest BCUT2D eigenvalue weighted by Crippen LogP contribution is -2.45. The van der Waals surface area contributed by atoms with Gasteiger partial charge in [0.1, 0.15) is 5.69 Å². The molecule has 0 spiro atoms. The van der Waals surface area contributed by atoms with Crippen LogP contribution in [0.5, 0.6) is 0 Å². The predicted octanol–water partition coefficient (Wildman–Crippen LogP) is 5.33. The first-order chi connectivity index (χ1) is 15.5. The number of fused-ring (bicyclic) bond motifs is 2. The summed E-state index contributed by atoms with van der Waals surface area (Å²) in [5, 5.41) is 6.71. The maximum absolute atomic E-state index is 13.2. The summed E-state index contributed by atoms with van der Waals surface area (Å²) < 4.78 is 0. The van der Waals surface area contributed by atoms with Gasteiger partial charge in [0.05, 0.1) is 18.6 Å². The molecule has 1 aliphatic rings. The molecule has 0 saturated heterocycles. The molecule has 0 saturated carbocycles. The second kappa shape index (κ2) is 8.45. The molecule has 0 unspecified atom stereocenters. The van der Waals surface area contributed by atoms with Crippen molar-refractivity contribution in [1.29, 1.82) is 0 Å². The minimum Gasteiger partial charge on any atom is -0.351 e. The first-order valence-electron chi connectivity index (χ1n) is 10.5. The number of benzene rings is 2. The van der Waals surface area contributed by atoms with Crippen LogP contribution in [0.3, 0.4) is 0 Å². The van der Waals surface area contributed by atoms with Crippen molar-refractivity contribution in [3.63, 3.8) is 0 Å². The van der Waals surface area contributed by atoms with Crippen molar-refractivity contribution in [2.45, 2.75) is 32.0 Å². The Labute approximate surface area is 195 Å². The highest BCUT2D eigenvalue weighted by molar-refractivity contribution is 7.09. The molecule has 2 atom stereocenters. The molecule has 5 nitrogen and oxygen atoms in total. The van der Waals surface area contributed by atoms with E-state index < -0.39 is 0 Å². The van der Waals surface area contributed by atoms with E-state index in [0.717, 1.165) is 26.9 Å². The number of aromatic nitrogens is 1. The summed E-state index contributed by atoms with van der Waals surface area (Å²) in [4.78, 5) is 32.1. The van der Waals surface area contributed by atoms with E-state index in [2.05, 4.69) is 22.4 Å². The van der Waals surface area contributed by atoms with Crippen LogP contribution >= 0.6 is 22.9 Å². The van der Waals surface area contributed by atoms with Crippen LogP contribution in [0, 0.1) is 0 Å². The molecule has 5 rings (SSSR count). The number of halogens is 1. The zero-order valence-corrected chi connectivity index (χ0v) is 19.0. The van der Waals surface area contributed by atoms with Gasteiger partial charge in [-0.2, -0.15) is 0 Å². The molecule has 0 aliphatic heterocycles. The van der Waals surface area contributed by atoms with Gasteiger partial charge in [0.15, 0.2) is 0 Å². The maximum atomic E-state index is 13.2. The number of carbonyl (C=O) groups excluding carboxylic acids is 2. The highest BCUT2D eigenvalue weighted by atomic mass is 35.5. The van der Waals surface area contributed by atoms with Crippen LogP contribution in [0.25, 0.3) is 10.9 Å². The van der Waals surface area contributed by atoms with Gasteiger partial charge < -0.3 is 15.2 Å². The van der Waals surface area contributed by atoms with E-state index in [0.29, 0.717) is 23.7 Å². The van der Waals surface area contributed by atoms with Gasteiger partial charge in [-0.3, -0.25) is 9.59 Å². The van der Waals surface area contributed by atoms with Crippen molar-refractivity contribution >= 4 is 45.7 Å². The number of aromatic amines is 1. The van der Waals surface area contributed by atoms with Crippen molar-refractivity contribution < 1.29 is 9.59 Å². The quantitative estimate of drug-likeness (QED) is 0.420. The van der Waals surface area contributed by atoms with Gasteiger partial charge in [-0.25, -0.2) is 0 Å². The fraction of sp³-hybridized carbons (Fsp3) is 0.200. The van der Waals surface area contributed by atoms with Crippen LogP contribution in [0.2, 0.25) is 5.02 Å². The summed E-state index contributed by atoms with van der Waals surface area (Å²) in [5.41, 5.74) is 3.58. The Balaban J connectivity index is 1.45. The van der Waals surface area contributed by atoms with Crippen LogP contribution in [-0.2, 0) is 17.8 Å². The number of H-pyrrole nitrogens is 1. The molecular weight excluding hydrogens is 442 g/mol. The molecule has 0 bridgehead atoms. The monoisotopic (exact) mass is 463 g/mol. The van der Waals surface area contributed by atoms with Gasteiger partial charge in [-0.15, -0.1) is 11.3 Å². The second-order valence-electron chi connectivity index (χ2n) is 8.07. The van der Waals surface area contributed by atoms with Crippen molar-refractivity contribution in [2.24, 2.45) is 0 Å². The summed E-state index contributed by atoms with van der Waals surface area (Å²) in [5.74, 6) is -0.209. The molecule has 2 amide bonds. The van der Waals surface area contributed by atoms with Gasteiger partial charge in [-0.05, 0) is 53.3 Å². The Kier molecular flexibility index (Phi) is 5.49. The summed E-state index contributed by atoms with van der Waals surface area (Å²) in [7, 11) is 0. The van der Waals surface area contributed by atoms with Crippen LogP contribution in [0.15, 0.2) is 66.0 Å². The fourth-order valence-corrected chi connectivity index (χ4v) is 5.42. The van der Waals surface area contributed by atoms with Gasteiger partial charge in [0.2, 0.25) is 5.91 Å². The molecule has 162 valence electrons. The number of hydrogen-bond donors (Lipinski definition) is 2. The zero-order chi connectivity index (χ0) is 22.2. The van der Waals surface area contributed by atoms with Crippen molar-refractivity contribution in [3.8, 4) is 0 Å². The van der Waals surface area contributed by atoms with E-state index in [4.69, 9.17) is 11.6 Å². The van der Waals surface area contributed by atoms with E-state index >= 15 is 0 Å².